The Morgan fingerprint density at radius 3 is 2.22 bits per heavy atom. The van der Waals surface area contributed by atoms with Crippen LogP contribution in [0.5, 0.6) is 0 Å². The summed E-state index contributed by atoms with van der Waals surface area (Å²) in [4.78, 5) is 25.2. The van der Waals surface area contributed by atoms with Crippen molar-refractivity contribution < 1.29 is 18.4 Å². The lowest BCUT2D eigenvalue weighted by Crippen LogP contribution is -2.21. The van der Waals surface area contributed by atoms with Gasteiger partial charge in [-0.25, -0.2) is 4.39 Å². The predicted molar refractivity (Wildman–Crippen MR) is 101 cm³/mol. The third-order valence-corrected chi connectivity index (χ3v) is 5.10. The molecule has 1 heterocycles. The molecule has 0 saturated heterocycles. The van der Waals surface area contributed by atoms with E-state index in [1.807, 2.05) is 19.9 Å². The lowest BCUT2D eigenvalue weighted by Gasteiger charge is -2.15. The highest BCUT2D eigenvalue weighted by atomic mass is 19.1. The number of rotatable bonds is 3. The number of carbonyl (C=O) groups is 2. The van der Waals surface area contributed by atoms with Crippen LogP contribution in [0.25, 0.3) is 11.3 Å². The molecule has 1 aliphatic carbocycles. The van der Waals surface area contributed by atoms with E-state index in [1.165, 1.54) is 12.1 Å². The van der Waals surface area contributed by atoms with Gasteiger partial charge in [0.25, 0.3) is 0 Å². The summed E-state index contributed by atoms with van der Waals surface area (Å²) in [7, 11) is 0. The van der Waals surface area contributed by atoms with Crippen LogP contribution in [0.3, 0.4) is 0 Å². The fourth-order valence-electron chi connectivity index (χ4n) is 3.37. The minimum Gasteiger partial charge on any atom is -0.458 e. The molecule has 5 heteroatoms. The SMILES string of the molecule is Cc1cc2c(cc1C)-c1oc(CNc3ccc(F)cc3)c(C)c1C(=O)C2=O. The molecule has 4 nitrogen and oxygen atoms in total. The molecule has 0 atom stereocenters. The van der Waals surface area contributed by atoms with Crippen LogP contribution in [0, 0.1) is 26.6 Å². The van der Waals surface area contributed by atoms with E-state index in [9.17, 15) is 14.0 Å². The van der Waals surface area contributed by atoms with E-state index >= 15 is 0 Å². The topological polar surface area (TPSA) is 59.3 Å². The number of ketones is 2. The van der Waals surface area contributed by atoms with Crippen LogP contribution in [0.4, 0.5) is 10.1 Å². The van der Waals surface area contributed by atoms with E-state index < -0.39 is 11.6 Å². The van der Waals surface area contributed by atoms with Gasteiger partial charge in [0, 0.05) is 22.4 Å². The first-order chi connectivity index (χ1) is 12.9. The van der Waals surface area contributed by atoms with Crippen LogP contribution in [0.15, 0.2) is 40.8 Å². The van der Waals surface area contributed by atoms with E-state index in [-0.39, 0.29) is 5.82 Å². The largest absolute Gasteiger partial charge is 0.458 e. The quantitative estimate of drug-likeness (QED) is 0.665. The van der Waals surface area contributed by atoms with Crippen molar-refractivity contribution in [2.75, 3.05) is 5.32 Å². The Kier molecular flexibility index (Phi) is 3.95. The van der Waals surface area contributed by atoms with Crippen molar-refractivity contribution >= 4 is 17.3 Å². The maximum Gasteiger partial charge on any atom is 0.237 e. The molecule has 1 aliphatic rings. The molecule has 0 radical (unpaired) electrons. The molecule has 1 aromatic heterocycles. The summed E-state index contributed by atoms with van der Waals surface area (Å²) in [5.74, 6) is -0.309. The van der Waals surface area contributed by atoms with Crippen LogP contribution >= 0.6 is 0 Å². The van der Waals surface area contributed by atoms with Crippen molar-refractivity contribution in [2.45, 2.75) is 27.3 Å². The molecule has 0 aliphatic heterocycles. The monoisotopic (exact) mass is 363 g/mol. The second-order valence-electron chi connectivity index (χ2n) is 6.86. The van der Waals surface area contributed by atoms with Gasteiger partial charge in [0.15, 0.2) is 0 Å². The fraction of sp³-hybridized carbons (Fsp3) is 0.182. The third kappa shape index (κ3) is 2.76. The smallest absolute Gasteiger partial charge is 0.237 e. The highest BCUT2D eigenvalue weighted by Crippen LogP contribution is 2.39. The Morgan fingerprint density at radius 2 is 1.56 bits per heavy atom. The van der Waals surface area contributed by atoms with Gasteiger partial charge in [-0.1, -0.05) is 0 Å². The zero-order valence-electron chi connectivity index (χ0n) is 15.3. The maximum absolute atomic E-state index is 13.0. The molecule has 27 heavy (non-hydrogen) atoms. The van der Waals surface area contributed by atoms with Crippen molar-refractivity contribution in [3.63, 3.8) is 0 Å². The van der Waals surface area contributed by atoms with Crippen molar-refractivity contribution in [3.05, 3.63) is 75.8 Å². The first kappa shape index (κ1) is 17.2. The summed E-state index contributed by atoms with van der Waals surface area (Å²) < 4.78 is 19.0. The van der Waals surface area contributed by atoms with Gasteiger partial charge < -0.3 is 9.73 Å². The van der Waals surface area contributed by atoms with Gasteiger partial charge in [-0.05, 0) is 68.3 Å². The Bertz CT molecular complexity index is 1090. The number of Topliss-reactive ketones (excluding diaryl/α,β-unsaturated/α-hetero) is 2. The molecule has 0 fully saturated rings. The van der Waals surface area contributed by atoms with Gasteiger partial charge in [0.05, 0.1) is 12.1 Å². The number of aryl methyl sites for hydroxylation is 2. The lowest BCUT2D eigenvalue weighted by molar-refractivity contribution is 0.0814. The number of fused-ring (bicyclic) bond motifs is 3. The zero-order chi connectivity index (χ0) is 19.3. The Morgan fingerprint density at radius 1 is 0.926 bits per heavy atom. The standard InChI is InChI=1S/C22H18FNO3/c1-11-8-16-17(9-12(11)2)22-19(21(26)20(16)25)13(3)18(27-22)10-24-15-6-4-14(23)5-7-15/h4-9,24H,10H2,1-3H3. The Labute approximate surface area is 156 Å². The van der Waals surface area contributed by atoms with Gasteiger partial charge in [0.2, 0.25) is 11.6 Å². The summed E-state index contributed by atoms with van der Waals surface area (Å²) in [6.07, 6.45) is 0. The molecule has 3 aromatic rings. The van der Waals surface area contributed by atoms with Crippen LogP contribution < -0.4 is 5.32 Å². The molecule has 0 amide bonds. The molecule has 4 rings (SSSR count). The zero-order valence-corrected chi connectivity index (χ0v) is 15.3. The van der Waals surface area contributed by atoms with Gasteiger partial charge >= 0.3 is 0 Å². The van der Waals surface area contributed by atoms with Crippen LogP contribution in [-0.2, 0) is 6.54 Å². The van der Waals surface area contributed by atoms with Gasteiger partial charge in [0.1, 0.15) is 17.3 Å². The number of anilines is 1. The number of hydrogen-bond donors (Lipinski definition) is 1. The summed E-state index contributed by atoms with van der Waals surface area (Å²) in [6, 6.07) is 9.64. The van der Waals surface area contributed by atoms with Crippen LogP contribution in [0.2, 0.25) is 0 Å². The molecule has 0 unspecified atom stereocenters. The number of halogens is 1. The van der Waals surface area contributed by atoms with Gasteiger partial charge in [-0.3, -0.25) is 9.59 Å². The third-order valence-electron chi connectivity index (χ3n) is 5.10. The number of benzene rings is 2. The van der Waals surface area contributed by atoms with E-state index in [2.05, 4.69) is 5.32 Å². The fourth-order valence-corrected chi connectivity index (χ4v) is 3.37. The van der Waals surface area contributed by atoms with E-state index in [1.54, 1.807) is 25.1 Å². The number of carbonyl (C=O) groups excluding carboxylic acids is 2. The van der Waals surface area contributed by atoms with E-state index in [0.717, 1.165) is 16.8 Å². The number of nitrogens with one attached hydrogen (secondary N) is 1. The highest BCUT2D eigenvalue weighted by Gasteiger charge is 2.36. The van der Waals surface area contributed by atoms with Crippen molar-refractivity contribution in [3.8, 4) is 11.3 Å². The van der Waals surface area contributed by atoms with Crippen molar-refractivity contribution in [2.24, 2.45) is 0 Å². The molecule has 1 N–H and O–H groups in total. The first-order valence-corrected chi connectivity index (χ1v) is 8.69. The summed E-state index contributed by atoms with van der Waals surface area (Å²) in [6.45, 7) is 5.98. The van der Waals surface area contributed by atoms with Crippen LogP contribution in [0.1, 0.15) is 43.2 Å². The maximum atomic E-state index is 13.0. The molecular weight excluding hydrogens is 345 g/mol. The van der Waals surface area contributed by atoms with Crippen molar-refractivity contribution in [1.82, 2.24) is 0 Å². The second kappa shape index (κ2) is 6.20. The minimum absolute atomic E-state index is 0.309. The second-order valence-corrected chi connectivity index (χ2v) is 6.86. The van der Waals surface area contributed by atoms with Gasteiger partial charge in [-0.15, -0.1) is 0 Å². The molecule has 136 valence electrons. The molecule has 0 saturated carbocycles. The normalized spacial score (nSPS) is 12.7. The molecule has 2 aromatic carbocycles. The minimum atomic E-state index is -0.532. The molecule has 0 spiro atoms. The van der Waals surface area contributed by atoms with E-state index in [0.29, 0.717) is 40.3 Å². The molecular formula is C22H18FNO3. The average Bonchev–Trinajstić information content (AvgIpc) is 2.98. The summed E-state index contributed by atoms with van der Waals surface area (Å²) >= 11 is 0. The van der Waals surface area contributed by atoms with E-state index in [4.69, 9.17) is 4.42 Å². The van der Waals surface area contributed by atoms with Crippen LogP contribution in [-0.4, -0.2) is 11.6 Å². The van der Waals surface area contributed by atoms with Gasteiger partial charge in [-0.2, -0.15) is 0 Å². The lowest BCUT2D eigenvalue weighted by atomic mass is 9.85. The Hall–Kier alpha value is -3.21. The molecule has 0 bridgehead atoms. The number of hydrogen-bond acceptors (Lipinski definition) is 4. The summed E-state index contributed by atoms with van der Waals surface area (Å²) in [5, 5.41) is 3.15. The Balaban J connectivity index is 1.75. The number of furan rings is 1. The average molecular weight is 363 g/mol. The predicted octanol–water partition coefficient (Wildman–Crippen LogP) is 5.00. The first-order valence-electron chi connectivity index (χ1n) is 8.69. The highest BCUT2D eigenvalue weighted by molar-refractivity contribution is 6.53. The van der Waals surface area contributed by atoms with Crippen molar-refractivity contribution in [1.29, 1.82) is 0 Å². The summed E-state index contributed by atoms with van der Waals surface area (Å²) in [5.41, 5.74) is 4.77.